The summed E-state index contributed by atoms with van der Waals surface area (Å²) in [6.45, 7) is 3.84. The molecular formula is C29H25N4O4-. The second-order valence-corrected chi connectivity index (χ2v) is 8.05. The van der Waals surface area contributed by atoms with Crippen LogP contribution in [0.3, 0.4) is 0 Å². The van der Waals surface area contributed by atoms with Gasteiger partial charge in [-0.1, -0.05) is 78.9 Å². The van der Waals surface area contributed by atoms with Gasteiger partial charge in [0.05, 0.1) is 28.6 Å². The van der Waals surface area contributed by atoms with Crippen molar-refractivity contribution >= 4 is 23.7 Å². The second-order valence-electron chi connectivity index (χ2n) is 8.05. The Hall–Kier alpha value is -4.85. The Kier molecular flexibility index (Phi) is 7.68. The van der Waals surface area contributed by atoms with Gasteiger partial charge in [-0.05, 0) is 26.0 Å². The predicted octanol–water partition coefficient (Wildman–Crippen LogP) is 3.97. The largest absolute Gasteiger partial charge is 0.846 e. The SMILES string of the molecule is CCN1C(=O)N=C(c2ccccc2)C(=CC=CC=Cc2c(-c3ccccc3)nc([O-])n(CC)c2=O)C1=O. The van der Waals surface area contributed by atoms with Crippen molar-refractivity contribution in [2.45, 2.75) is 20.4 Å². The van der Waals surface area contributed by atoms with E-state index in [1.165, 1.54) is 0 Å². The van der Waals surface area contributed by atoms with Crippen molar-refractivity contribution in [3.8, 4) is 17.3 Å². The Bertz CT molecular complexity index is 1500. The van der Waals surface area contributed by atoms with E-state index in [1.807, 2.05) is 36.4 Å². The number of carbonyl (C=O) groups is 2. The Labute approximate surface area is 214 Å². The zero-order chi connectivity index (χ0) is 26.4. The molecule has 0 unspecified atom stereocenters. The molecule has 2 aromatic carbocycles. The van der Waals surface area contributed by atoms with Gasteiger partial charge in [0.2, 0.25) is 0 Å². The molecule has 0 bridgehead atoms. The first-order chi connectivity index (χ1) is 18.0. The van der Waals surface area contributed by atoms with Crippen LogP contribution in [-0.2, 0) is 11.3 Å². The summed E-state index contributed by atoms with van der Waals surface area (Å²) >= 11 is 0. The van der Waals surface area contributed by atoms with Gasteiger partial charge in [0.25, 0.3) is 11.5 Å². The minimum Gasteiger partial charge on any atom is -0.846 e. The number of rotatable bonds is 7. The molecule has 0 aliphatic carbocycles. The van der Waals surface area contributed by atoms with E-state index in [9.17, 15) is 19.5 Å². The Morgan fingerprint density at radius 2 is 1.49 bits per heavy atom. The van der Waals surface area contributed by atoms with Crippen LogP contribution in [0.2, 0.25) is 0 Å². The fourth-order valence-corrected chi connectivity index (χ4v) is 3.96. The Morgan fingerprint density at radius 1 is 0.838 bits per heavy atom. The maximum Gasteiger partial charge on any atom is 0.351 e. The van der Waals surface area contributed by atoms with Gasteiger partial charge in [-0.15, -0.1) is 0 Å². The summed E-state index contributed by atoms with van der Waals surface area (Å²) in [5.74, 6) is -0.428. The predicted molar refractivity (Wildman–Crippen MR) is 141 cm³/mol. The standard InChI is InChI=1S/C29H26N4O4/c1-3-32-26(34)22(24(30-28(32)36)20-14-8-5-9-15-20)18-12-7-13-19-23-25(21-16-10-6-11-17-21)31-29(37)33(4-2)27(23)35/h5-19H,3-4H2,1-2H3,(H,30,36)/p-1. The molecule has 0 saturated heterocycles. The zero-order valence-electron chi connectivity index (χ0n) is 20.5. The Balaban J connectivity index is 1.70. The van der Waals surface area contributed by atoms with Gasteiger partial charge in [0, 0.05) is 24.2 Å². The minimum atomic E-state index is -0.595. The molecule has 1 aliphatic heterocycles. The number of amides is 3. The minimum absolute atomic E-state index is 0.207. The number of hydrogen-bond donors (Lipinski definition) is 0. The lowest BCUT2D eigenvalue weighted by atomic mass is 9.99. The molecule has 186 valence electrons. The van der Waals surface area contributed by atoms with Gasteiger partial charge in [-0.3, -0.25) is 14.5 Å². The van der Waals surface area contributed by atoms with Crippen LogP contribution in [0, 0.1) is 0 Å². The summed E-state index contributed by atoms with van der Waals surface area (Å²) < 4.78 is 1.08. The van der Waals surface area contributed by atoms with Crippen LogP contribution in [-0.4, -0.2) is 38.6 Å². The molecule has 3 aromatic rings. The van der Waals surface area contributed by atoms with Crippen LogP contribution in [0.15, 0.2) is 100 Å². The second kappa shape index (κ2) is 11.3. The number of nitrogens with zero attached hydrogens (tertiary/aromatic N) is 4. The number of imide groups is 1. The van der Waals surface area contributed by atoms with Crippen LogP contribution in [0.4, 0.5) is 4.79 Å². The van der Waals surface area contributed by atoms with Gasteiger partial charge < -0.3 is 9.67 Å². The third-order valence-electron chi connectivity index (χ3n) is 5.81. The zero-order valence-corrected chi connectivity index (χ0v) is 20.5. The third-order valence-corrected chi connectivity index (χ3v) is 5.81. The highest BCUT2D eigenvalue weighted by molar-refractivity contribution is 6.34. The number of urea groups is 1. The van der Waals surface area contributed by atoms with E-state index in [0.717, 1.165) is 9.47 Å². The van der Waals surface area contributed by atoms with E-state index in [1.54, 1.807) is 68.5 Å². The van der Waals surface area contributed by atoms with Gasteiger partial charge in [0.15, 0.2) is 0 Å². The van der Waals surface area contributed by atoms with Crippen LogP contribution in [0.1, 0.15) is 25.0 Å². The fourth-order valence-electron chi connectivity index (χ4n) is 3.96. The summed E-state index contributed by atoms with van der Waals surface area (Å²) in [6, 6.07) is 16.9. The lowest BCUT2D eigenvalue weighted by molar-refractivity contribution is -0.286. The fraction of sp³-hybridized carbons (Fsp3) is 0.138. The first-order valence-electron chi connectivity index (χ1n) is 11.9. The number of aromatic nitrogens is 2. The quantitative estimate of drug-likeness (QED) is 0.366. The molecule has 0 fully saturated rings. The molecule has 1 aliphatic rings. The van der Waals surface area contributed by atoms with Crippen molar-refractivity contribution in [1.29, 1.82) is 0 Å². The highest BCUT2D eigenvalue weighted by atomic mass is 16.3. The lowest BCUT2D eigenvalue weighted by Gasteiger charge is -2.24. The van der Waals surface area contributed by atoms with E-state index in [-0.39, 0.29) is 24.2 Å². The van der Waals surface area contributed by atoms with E-state index in [2.05, 4.69) is 9.98 Å². The maximum atomic E-state index is 13.0. The summed E-state index contributed by atoms with van der Waals surface area (Å²) in [4.78, 5) is 47.7. The smallest absolute Gasteiger partial charge is 0.351 e. The topological polar surface area (TPSA) is 108 Å². The lowest BCUT2D eigenvalue weighted by Crippen LogP contribution is -2.42. The maximum absolute atomic E-state index is 13.0. The number of carbonyl (C=O) groups excluding carboxylic acids is 2. The summed E-state index contributed by atoms with van der Waals surface area (Å²) in [7, 11) is 0. The van der Waals surface area contributed by atoms with Crippen LogP contribution in [0.25, 0.3) is 17.3 Å². The average Bonchev–Trinajstić information content (AvgIpc) is 2.91. The number of hydrogen-bond acceptors (Lipinski definition) is 5. The first-order valence-corrected chi connectivity index (χ1v) is 11.9. The molecule has 2 heterocycles. The van der Waals surface area contributed by atoms with Crippen LogP contribution >= 0.6 is 0 Å². The highest BCUT2D eigenvalue weighted by Crippen LogP contribution is 2.22. The van der Waals surface area contributed by atoms with Crippen molar-refractivity contribution in [1.82, 2.24) is 14.5 Å². The monoisotopic (exact) mass is 493 g/mol. The van der Waals surface area contributed by atoms with E-state index < -0.39 is 23.5 Å². The molecular weight excluding hydrogens is 468 g/mol. The van der Waals surface area contributed by atoms with E-state index in [4.69, 9.17) is 0 Å². The van der Waals surface area contributed by atoms with Crippen LogP contribution in [0.5, 0.6) is 6.01 Å². The summed E-state index contributed by atoms with van der Waals surface area (Å²) in [5, 5.41) is 12.4. The van der Waals surface area contributed by atoms with Crippen molar-refractivity contribution in [3.05, 3.63) is 112 Å². The summed E-state index contributed by atoms with van der Waals surface area (Å²) in [5.41, 5.74) is 2.07. The Morgan fingerprint density at radius 3 is 2.11 bits per heavy atom. The number of allylic oxidation sites excluding steroid dienone is 4. The molecule has 3 amide bonds. The molecule has 0 spiro atoms. The molecule has 0 radical (unpaired) electrons. The summed E-state index contributed by atoms with van der Waals surface area (Å²) in [6.07, 6.45) is 8.12. The van der Waals surface area contributed by atoms with E-state index >= 15 is 0 Å². The van der Waals surface area contributed by atoms with Crippen molar-refractivity contribution in [2.24, 2.45) is 4.99 Å². The van der Waals surface area contributed by atoms with Gasteiger partial charge in [-0.2, -0.15) is 4.99 Å². The molecule has 37 heavy (non-hydrogen) atoms. The highest BCUT2D eigenvalue weighted by Gasteiger charge is 2.31. The number of likely N-dealkylation sites (N-methyl/N-ethyl adjacent to an activating group) is 1. The molecule has 0 atom stereocenters. The van der Waals surface area contributed by atoms with Crippen molar-refractivity contribution in [3.63, 3.8) is 0 Å². The van der Waals surface area contributed by atoms with Gasteiger partial charge in [0.1, 0.15) is 0 Å². The molecule has 1 aromatic heterocycles. The van der Waals surface area contributed by atoms with Crippen molar-refractivity contribution in [2.75, 3.05) is 6.54 Å². The molecule has 0 N–H and O–H groups in total. The third kappa shape index (κ3) is 5.23. The molecule has 0 saturated carbocycles. The van der Waals surface area contributed by atoms with E-state index in [0.29, 0.717) is 22.5 Å². The molecule has 4 rings (SSSR count). The molecule has 8 heteroatoms. The normalized spacial score (nSPS) is 15.2. The van der Waals surface area contributed by atoms with Gasteiger partial charge in [-0.25, -0.2) is 9.78 Å². The van der Waals surface area contributed by atoms with Gasteiger partial charge >= 0.3 is 6.03 Å². The van der Waals surface area contributed by atoms with Crippen molar-refractivity contribution < 1.29 is 14.7 Å². The first kappa shape index (κ1) is 25.2. The average molecular weight is 494 g/mol. The van der Waals surface area contributed by atoms with Crippen LogP contribution < -0.4 is 10.7 Å². The number of benzene rings is 2. The molecule has 8 nitrogen and oxygen atoms in total. The number of aliphatic imine (C=N–C) groups is 1.